The van der Waals surface area contributed by atoms with Crippen molar-refractivity contribution in [2.75, 3.05) is 32.9 Å². The van der Waals surface area contributed by atoms with E-state index in [-0.39, 0.29) is 5.41 Å². The van der Waals surface area contributed by atoms with Crippen LogP contribution in [0.1, 0.15) is 15.7 Å². The van der Waals surface area contributed by atoms with Crippen molar-refractivity contribution in [2.45, 2.75) is 26.3 Å². The molecule has 2 aromatic heterocycles. The molecule has 2 aliphatic heterocycles. The summed E-state index contributed by atoms with van der Waals surface area (Å²) in [5, 5.41) is 13.5. The number of carbonyl (C=O) groups is 1. The van der Waals surface area contributed by atoms with E-state index in [1.807, 2.05) is 18.5 Å². The number of fused-ring (bicyclic) bond motifs is 1. The molecule has 0 aromatic carbocycles. The number of hydrogen-bond donors (Lipinski definition) is 1. The van der Waals surface area contributed by atoms with Crippen LogP contribution in [-0.2, 0) is 27.4 Å². The van der Waals surface area contributed by atoms with Crippen LogP contribution in [0.4, 0.5) is 13.2 Å². The van der Waals surface area contributed by atoms with Gasteiger partial charge in [-0.25, -0.2) is 14.8 Å². The maximum absolute atomic E-state index is 10.6. The lowest BCUT2D eigenvalue weighted by Crippen LogP contribution is -2.35. The zero-order valence-electron chi connectivity index (χ0n) is 16.2. The summed E-state index contributed by atoms with van der Waals surface area (Å²) >= 11 is 3.41. The van der Waals surface area contributed by atoms with Gasteiger partial charge in [0, 0.05) is 41.4 Å². The number of carboxylic acid groups (broad SMARTS) is 1. The van der Waals surface area contributed by atoms with Crippen LogP contribution in [0, 0.1) is 18.3 Å². The van der Waals surface area contributed by atoms with Crippen molar-refractivity contribution in [3.8, 4) is 0 Å². The number of rotatable bonds is 6. The lowest BCUT2D eigenvalue weighted by Gasteiger charge is -2.26. The summed E-state index contributed by atoms with van der Waals surface area (Å²) in [6, 6.07) is 0. The summed E-state index contributed by atoms with van der Waals surface area (Å²) in [4.78, 5) is 20.3. The first-order valence-corrected chi connectivity index (χ1v) is 10.9. The van der Waals surface area contributed by atoms with Crippen LogP contribution in [0.15, 0.2) is 17.0 Å². The Morgan fingerprint density at radius 2 is 2.23 bits per heavy atom. The Morgan fingerprint density at radius 3 is 2.83 bits per heavy atom. The molecular weight excluding hydrogens is 443 g/mol. The second-order valence-electron chi connectivity index (χ2n) is 7.32. The second kappa shape index (κ2) is 9.69. The van der Waals surface area contributed by atoms with Gasteiger partial charge < -0.3 is 14.6 Å². The van der Waals surface area contributed by atoms with Gasteiger partial charge in [-0.2, -0.15) is 13.2 Å². The van der Waals surface area contributed by atoms with E-state index in [1.54, 1.807) is 22.7 Å². The van der Waals surface area contributed by atoms with Gasteiger partial charge in [0.2, 0.25) is 0 Å². The smallest absolute Gasteiger partial charge is 0.475 e. The molecule has 4 rings (SSSR count). The molecule has 0 spiro atoms. The van der Waals surface area contributed by atoms with E-state index in [1.165, 1.54) is 5.01 Å². The van der Waals surface area contributed by atoms with E-state index in [0.717, 1.165) is 50.2 Å². The van der Waals surface area contributed by atoms with Crippen LogP contribution in [-0.4, -0.2) is 65.0 Å². The summed E-state index contributed by atoms with van der Waals surface area (Å²) in [5.41, 5.74) is 1.18. The highest BCUT2D eigenvalue weighted by Gasteiger charge is 2.50. The van der Waals surface area contributed by atoms with Crippen molar-refractivity contribution in [3.63, 3.8) is 0 Å². The number of hydrogen-bond acceptors (Lipinski definition) is 8. The van der Waals surface area contributed by atoms with E-state index in [9.17, 15) is 13.2 Å². The van der Waals surface area contributed by atoms with Gasteiger partial charge in [-0.1, -0.05) is 0 Å². The maximum atomic E-state index is 10.6. The van der Waals surface area contributed by atoms with Crippen LogP contribution in [0.5, 0.6) is 0 Å². The van der Waals surface area contributed by atoms with E-state index >= 15 is 0 Å². The number of aryl methyl sites for hydroxylation is 1. The zero-order valence-corrected chi connectivity index (χ0v) is 17.9. The molecular formula is C18H22F3N3O4S2. The lowest BCUT2D eigenvalue weighted by molar-refractivity contribution is -0.192. The van der Waals surface area contributed by atoms with Gasteiger partial charge in [0.1, 0.15) is 5.01 Å². The summed E-state index contributed by atoms with van der Waals surface area (Å²) in [7, 11) is 0. The number of likely N-dealkylation sites (tertiary alicyclic amines) is 1. The number of aromatic nitrogens is 2. The Balaban J connectivity index is 0.000000318. The third-order valence-corrected chi connectivity index (χ3v) is 6.57. The van der Waals surface area contributed by atoms with Gasteiger partial charge in [-0.3, -0.25) is 4.90 Å². The molecule has 12 heteroatoms. The average molecular weight is 466 g/mol. The molecule has 166 valence electrons. The van der Waals surface area contributed by atoms with E-state index in [0.29, 0.717) is 12.5 Å². The molecule has 0 saturated carbocycles. The third kappa shape index (κ3) is 5.97. The first kappa shape index (κ1) is 23.1. The largest absolute Gasteiger partial charge is 0.490 e. The Hall–Kier alpha value is -1.60. The average Bonchev–Trinajstić information content (AvgIpc) is 3.41. The Labute approximate surface area is 179 Å². The highest BCUT2D eigenvalue weighted by atomic mass is 32.1. The van der Waals surface area contributed by atoms with E-state index < -0.39 is 12.1 Å². The Kier molecular flexibility index (Phi) is 7.45. The highest BCUT2D eigenvalue weighted by molar-refractivity contribution is 7.09. The van der Waals surface area contributed by atoms with Gasteiger partial charge in [0.25, 0.3) is 0 Å². The molecule has 2 aromatic rings. The molecule has 2 saturated heterocycles. The fourth-order valence-electron chi connectivity index (χ4n) is 3.62. The van der Waals surface area contributed by atoms with Crippen LogP contribution in [0.25, 0.3) is 0 Å². The molecule has 30 heavy (non-hydrogen) atoms. The fraction of sp³-hybridized carbons (Fsp3) is 0.611. The van der Waals surface area contributed by atoms with Gasteiger partial charge >= 0.3 is 12.1 Å². The first-order valence-electron chi connectivity index (χ1n) is 9.15. The number of nitrogens with zero attached hydrogens (tertiary/aromatic N) is 3. The van der Waals surface area contributed by atoms with Crippen molar-refractivity contribution < 1.29 is 32.5 Å². The molecule has 2 aliphatic rings. The monoisotopic (exact) mass is 465 g/mol. The fourth-order valence-corrected chi connectivity index (χ4v) is 4.88. The van der Waals surface area contributed by atoms with Crippen molar-refractivity contribution in [3.05, 3.63) is 32.7 Å². The number of carboxylic acids is 1. The standard InChI is InChI=1S/C16H21N3O2S2.C2HF3O2/c1-12-18-14(8-23-12)7-21-11-16-9-19(4-13(16)6-20-10-16)5-15-17-2-3-22-15;3-2(4,5)1(6)7/h2-3,8,13H,4-7,9-11H2,1H3;(H,6,7)/t13-,16+;/m1./s1. The summed E-state index contributed by atoms with van der Waals surface area (Å²) in [5.74, 6) is -2.19. The van der Waals surface area contributed by atoms with Gasteiger partial charge in [0.15, 0.2) is 0 Å². The van der Waals surface area contributed by atoms with Crippen LogP contribution in [0.2, 0.25) is 0 Å². The predicted molar refractivity (Wildman–Crippen MR) is 104 cm³/mol. The van der Waals surface area contributed by atoms with Crippen molar-refractivity contribution in [2.24, 2.45) is 11.3 Å². The normalized spacial score (nSPS) is 23.8. The summed E-state index contributed by atoms with van der Waals surface area (Å²) in [6.07, 6.45) is -3.20. The second-order valence-corrected chi connectivity index (χ2v) is 9.36. The van der Waals surface area contributed by atoms with Crippen molar-refractivity contribution >= 4 is 28.6 Å². The molecule has 0 aliphatic carbocycles. The quantitative estimate of drug-likeness (QED) is 0.701. The van der Waals surface area contributed by atoms with Crippen molar-refractivity contribution in [1.82, 2.24) is 14.9 Å². The molecule has 2 fully saturated rings. The molecule has 0 bridgehead atoms. The highest BCUT2D eigenvalue weighted by Crippen LogP contribution is 2.42. The van der Waals surface area contributed by atoms with E-state index in [4.69, 9.17) is 19.4 Å². The third-order valence-electron chi connectivity index (χ3n) is 4.98. The number of alkyl halides is 3. The lowest BCUT2D eigenvalue weighted by atomic mass is 9.82. The molecule has 0 radical (unpaired) electrons. The zero-order chi connectivity index (χ0) is 21.8. The molecule has 7 nitrogen and oxygen atoms in total. The molecule has 2 atom stereocenters. The molecule has 4 heterocycles. The summed E-state index contributed by atoms with van der Waals surface area (Å²) in [6.45, 7) is 8.11. The van der Waals surface area contributed by atoms with E-state index in [2.05, 4.69) is 20.2 Å². The Bertz CT molecular complexity index is 831. The molecule has 1 N–H and O–H groups in total. The van der Waals surface area contributed by atoms with Crippen LogP contribution < -0.4 is 0 Å². The number of halogens is 3. The minimum atomic E-state index is -5.08. The van der Waals surface area contributed by atoms with Crippen LogP contribution >= 0.6 is 22.7 Å². The topological polar surface area (TPSA) is 84.8 Å². The number of thiazole rings is 2. The first-order chi connectivity index (χ1) is 14.2. The maximum Gasteiger partial charge on any atom is 0.490 e. The number of ether oxygens (including phenoxy) is 2. The Morgan fingerprint density at radius 1 is 1.47 bits per heavy atom. The molecule has 0 amide bonds. The predicted octanol–water partition coefficient (Wildman–Crippen LogP) is 3.21. The molecule has 0 unspecified atom stereocenters. The van der Waals surface area contributed by atoms with Gasteiger partial charge in [-0.15, -0.1) is 22.7 Å². The van der Waals surface area contributed by atoms with Gasteiger partial charge in [-0.05, 0) is 6.92 Å². The van der Waals surface area contributed by atoms with Crippen molar-refractivity contribution in [1.29, 1.82) is 0 Å². The van der Waals surface area contributed by atoms with Crippen LogP contribution in [0.3, 0.4) is 0 Å². The number of aliphatic carboxylic acids is 1. The minimum absolute atomic E-state index is 0.141. The van der Waals surface area contributed by atoms with Gasteiger partial charge in [0.05, 0.1) is 43.7 Å². The minimum Gasteiger partial charge on any atom is -0.475 e. The SMILES string of the molecule is Cc1nc(COC[C@]23COC[C@H]2CN(Cc2nccs2)C3)cs1.O=C(O)C(F)(F)F. The summed E-state index contributed by atoms with van der Waals surface area (Å²) < 4.78 is 43.5.